The maximum absolute atomic E-state index is 13.0. The van der Waals surface area contributed by atoms with Gasteiger partial charge in [-0.3, -0.25) is 0 Å². The quantitative estimate of drug-likeness (QED) is 0.399. The largest absolute Gasteiger partial charge is 0.207 e. The van der Waals surface area contributed by atoms with Gasteiger partial charge in [0.2, 0.25) is 0 Å². The van der Waals surface area contributed by atoms with Crippen LogP contribution in [0.15, 0.2) is 42.5 Å². The third-order valence-electron chi connectivity index (χ3n) is 3.22. The fourth-order valence-corrected chi connectivity index (χ4v) is 2.05. The lowest BCUT2D eigenvalue weighted by atomic mass is 9.97. The lowest BCUT2D eigenvalue weighted by molar-refractivity contribution is 0.570. The van der Waals surface area contributed by atoms with Crippen molar-refractivity contribution in [3.8, 4) is 23.7 Å². The molecule has 0 amide bonds. The Labute approximate surface area is 179 Å². The number of aryl methyl sites for hydroxylation is 2. The molecule has 0 saturated carbocycles. The summed E-state index contributed by atoms with van der Waals surface area (Å²) < 4.78 is 13.0. The van der Waals surface area contributed by atoms with Gasteiger partial charge in [0, 0.05) is 22.0 Å². The summed E-state index contributed by atoms with van der Waals surface area (Å²) in [6, 6.07) is 13.1. The van der Waals surface area contributed by atoms with Crippen molar-refractivity contribution in [2.24, 2.45) is 10.8 Å². The van der Waals surface area contributed by atoms with Crippen LogP contribution in [0.2, 0.25) is 0 Å². The van der Waals surface area contributed by atoms with Gasteiger partial charge in [-0.2, -0.15) is 0 Å². The molecule has 156 valence electrons. The van der Waals surface area contributed by atoms with Crippen molar-refractivity contribution in [2.45, 2.75) is 69.2 Å². The minimum atomic E-state index is -0.219. The van der Waals surface area contributed by atoms with Crippen LogP contribution in [0, 0.1) is 54.2 Å². The Morgan fingerprint density at radius 2 is 1.14 bits per heavy atom. The number of hydrogen-bond donors (Lipinski definition) is 0. The first-order valence-corrected chi connectivity index (χ1v) is 10.2. The summed E-state index contributed by atoms with van der Waals surface area (Å²) in [5.41, 5.74) is 4.07. The minimum absolute atomic E-state index is 0.0414. The highest BCUT2D eigenvalue weighted by atomic mass is 19.1. The van der Waals surface area contributed by atoms with Crippen molar-refractivity contribution in [1.82, 2.24) is 0 Å². The molecule has 0 unspecified atom stereocenters. The van der Waals surface area contributed by atoms with E-state index in [1.165, 1.54) is 17.7 Å². The van der Waals surface area contributed by atoms with E-state index in [-0.39, 0.29) is 16.6 Å². The molecule has 0 atom stereocenters. The zero-order valence-electron chi connectivity index (χ0n) is 19.9. The van der Waals surface area contributed by atoms with Crippen LogP contribution in [-0.2, 0) is 0 Å². The van der Waals surface area contributed by atoms with Crippen LogP contribution in [-0.4, -0.2) is 0 Å². The Morgan fingerprint density at radius 3 is 1.59 bits per heavy atom. The third kappa shape index (κ3) is 14.2. The molecule has 0 fully saturated rings. The minimum Gasteiger partial charge on any atom is -0.207 e. The standard InChI is InChI=1S/C13H15F.C13H16.C2H6/c1-10-7-11(9-12(14)8-10)5-6-13(2,3)4;1-11-6-5-7-12(10-11)8-9-13(2,3)4;1-2/h7-9H,1-4H3;5-7,10H,1-4H3;1-2H3. The monoisotopic (exact) mass is 392 g/mol. The summed E-state index contributed by atoms with van der Waals surface area (Å²) in [5.74, 6) is 12.2. The summed E-state index contributed by atoms with van der Waals surface area (Å²) >= 11 is 0. The molecule has 2 aromatic carbocycles. The van der Waals surface area contributed by atoms with Crippen LogP contribution in [0.25, 0.3) is 0 Å². The first kappa shape index (κ1) is 26.5. The maximum atomic E-state index is 13.0. The average Bonchev–Trinajstić information content (AvgIpc) is 2.59. The molecule has 0 N–H and O–H groups in total. The zero-order chi connectivity index (χ0) is 22.7. The molecule has 0 aliphatic carbocycles. The second-order valence-corrected chi connectivity index (χ2v) is 8.89. The van der Waals surface area contributed by atoms with Gasteiger partial charge < -0.3 is 0 Å². The van der Waals surface area contributed by atoms with Crippen molar-refractivity contribution in [3.63, 3.8) is 0 Å². The molecule has 2 aromatic rings. The van der Waals surface area contributed by atoms with Crippen molar-refractivity contribution >= 4 is 0 Å². The Balaban J connectivity index is 0.000000499. The van der Waals surface area contributed by atoms with Crippen molar-refractivity contribution < 1.29 is 4.39 Å². The summed E-state index contributed by atoms with van der Waals surface area (Å²) in [7, 11) is 0. The molecule has 0 radical (unpaired) electrons. The third-order valence-corrected chi connectivity index (χ3v) is 3.22. The summed E-state index contributed by atoms with van der Waals surface area (Å²) in [6.45, 7) is 20.4. The first-order valence-electron chi connectivity index (χ1n) is 10.2. The lowest BCUT2D eigenvalue weighted by Gasteiger charge is -2.06. The molecule has 0 spiro atoms. The van der Waals surface area contributed by atoms with Crippen LogP contribution in [0.1, 0.15) is 77.6 Å². The van der Waals surface area contributed by atoms with E-state index in [0.717, 1.165) is 16.7 Å². The molecule has 2 rings (SSSR count). The topological polar surface area (TPSA) is 0 Å². The molecule has 29 heavy (non-hydrogen) atoms. The van der Waals surface area contributed by atoms with Crippen LogP contribution in [0.4, 0.5) is 4.39 Å². The van der Waals surface area contributed by atoms with E-state index in [0.29, 0.717) is 0 Å². The molecule has 1 heteroatoms. The van der Waals surface area contributed by atoms with Crippen molar-refractivity contribution in [2.75, 3.05) is 0 Å². The van der Waals surface area contributed by atoms with Gasteiger partial charge in [0.25, 0.3) is 0 Å². The normalized spacial score (nSPS) is 10.0. The highest BCUT2D eigenvalue weighted by Crippen LogP contribution is 2.12. The number of rotatable bonds is 0. The molecule has 0 aliphatic heterocycles. The van der Waals surface area contributed by atoms with E-state index in [9.17, 15) is 4.39 Å². The fraction of sp³-hybridized carbons (Fsp3) is 0.429. The van der Waals surface area contributed by atoms with Crippen molar-refractivity contribution in [3.05, 3.63) is 70.5 Å². The first-order chi connectivity index (χ1) is 13.3. The van der Waals surface area contributed by atoms with Gasteiger partial charge in [-0.1, -0.05) is 49.7 Å². The molecular weight excluding hydrogens is 355 g/mol. The van der Waals surface area contributed by atoms with E-state index in [4.69, 9.17) is 0 Å². The van der Waals surface area contributed by atoms with Crippen molar-refractivity contribution in [1.29, 1.82) is 0 Å². The predicted molar refractivity (Wildman–Crippen MR) is 126 cm³/mol. The maximum Gasteiger partial charge on any atom is 0.124 e. The summed E-state index contributed by atoms with van der Waals surface area (Å²) in [5, 5.41) is 0. The van der Waals surface area contributed by atoms with E-state index in [2.05, 4.69) is 63.5 Å². The van der Waals surface area contributed by atoms with Crippen LogP contribution in [0.5, 0.6) is 0 Å². The van der Waals surface area contributed by atoms with E-state index < -0.39 is 0 Å². The predicted octanol–water partition coefficient (Wildman–Crippen LogP) is 7.95. The zero-order valence-corrected chi connectivity index (χ0v) is 19.9. The molecule has 0 aromatic heterocycles. The summed E-state index contributed by atoms with van der Waals surface area (Å²) in [6.07, 6.45) is 0. The number of halogens is 1. The Kier molecular flexibility index (Phi) is 11.1. The Hall–Kier alpha value is -2.51. The van der Waals surface area contributed by atoms with E-state index in [1.54, 1.807) is 0 Å². The molecule has 0 aliphatic rings. The van der Waals surface area contributed by atoms with Crippen LogP contribution < -0.4 is 0 Å². The number of benzene rings is 2. The van der Waals surface area contributed by atoms with Crippen LogP contribution >= 0.6 is 0 Å². The van der Waals surface area contributed by atoms with Gasteiger partial charge in [-0.05, 0) is 96.8 Å². The SMILES string of the molecule is CC.Cc1cc(F)cc(C#CC(C)(C)C)c1.Cc1cccc(C#CC(C)(C)C)c1. The molecule has 0 heterocycles. The molecule has 0 nitrogen and oxygen atoms in total. The van der Waals surface area contributed by atoms with Gasteiger partial charge in [-0.25, -0.2) is 4.39 Å². The van der Waals surface area contributed by atoms with Gasteiger partial charge >= 0.3 is 0 Å². The highest BCUT2D eigenvalue weighted by molar-refractivity contribution is 5.38. The van der Waals surface area contributed by atoms with Gasteiger partial charge in [0.1, 0.15) is 5.82 Å². The molecule has 0 bridgehead atoms. The van der Waals surface area contributed by atoms with Gasteiger partial charge in [0.15, 0.2) is 0 Å². The summed E-state index contributed by atoms with van der Waals surface area (Å²) in [4.78, 5) is 0. The van der Waals surface area contributed by atoms with Gasteiger partial charge in [0.05, 0.1) is 0 Å². The fourth-order valence-electron chi connectivity index (χ4n) is 2.05. The lowest BCUT2D eigenvalue weighted by Crippen LogP contribution is -1.99. The van der Waals surface area contributed by atoms with E-state index >= 15 is 0 Å². The van der Waals surface area contributed by atoms with E-state index in [1.807, 2.05) is 59.7 Å². The average molecular weight is 393 g/mol. The Bertz CT molecular complexity index is 862. The Morgan fingerprint density at radius 1 is 0.655 bits per heavy atom. The second-order valence-electron chi connectivity index (χ2n) is 8.89. The van der Waals surface area contributed by atoms with Crippen LogP contribution in [0.3, 0.4) is 0 Å². The smallest absolute Gasteiger partial charge is 0.124 e. The number of hydrogen-bond acceptors (Lipinski definition) is 0. The molecule has 0 saturated heterocycles. The molecular formula is C28H37F. The highest BCUT2D eigenvalue weighted by Gasteiger charge is 2.04. The van der Waals surface area contributed by atoms with Gasteiger partial charge in [-0.15, -0.1) is 0 Å². The second kappa shape index (κ2) is 12.1.